The number of pyridine rings is 1. The molecule has 0 atom stereocenters. The predicted octanol–water partition coefficient (Wildman–Crippen LogP) is 2.69. The molecule has 0 radical (unpaired) electrons. The summed E-state index contributed by atoms with van der Waals surface area (Å²) in [5.74, 6) is 0.890. The molecule has 1 heterocycles. The van der Waals surface area contributed by atoms with E-state index in [1.54, 1.807) is 0 Å². The lowest BCUT2D eigenvalue weighted by atomic mass is 9.85. The standard InChI is InChI=1S/C12H17BrN2/c1-15(9-11-6-12(13)7-11)8-10-2-4-14-5-3-10/h2-5,11-12H,6-9H2,1H3. The molecule has 0 aliphatic heterocycles. The highest BCUT2D eigenvalue weighted by molar-refractivity contribution is 9.09. The summed E-state index contributed by atoms with van der Waals surface area (Å²) in [4.78, 5) is 7.20. The highest BCUT2D eigenvalue weighted by Gasteiger charge is 2.27. The van der Waals surface area contributed by atoms with Gasteiger partial charge in [-0.05, 0) is 43.5 Å². The van der Waals surface area contributed by atoms with Gasteiger partial charge in [0.1, 0.15) is 0 Å². The third-order valence-corrected chi connectivity index (χ3v) is 3.70. The summed E-state index contributed by atoms with van der Waals surface area (Å²) >= 11 is 3.63. The smallest absolute Gasteiger partial charge is 0.0271 e. The number of nitrogens with zero attached hydrogens (tertiary/aromatic N) is 2. The Kier molecular flexibility index (Phi) is 3.76. The Hall–Kier alpha value is -0.410. The molecule has 1 fully saturated rings. The zero-order chi connectivity index (χ0) is 10.7. The molecule has 0 unspecified atom stereocenters. The van der Waals surface area contributed by atoms with Crippen molar-refractivity contribution in [1.29, 1.82) is 0 Å². The van der Waals surface area contributed by atoms with Crippen molar-refractivity contribution in [2.24, 2.45) is 5.92 Å². The molecule has 0 aromatic carbocycles. The van der Waals surface area contributed by atoms with Crippen LogP contribution in [0.3, 0.4) is 0 Å². The van der Waals surface area contributed by atoms with Gasteiger partial charge in [-0.15, -0.1) is 0 Å². The molecular weight excluding hydrogens is 252 g/mol. The van der Waals surface area contributed by atoms with E-state index >= 15 is 0 Å². The van der Waals surface area contributed by atoms with Crippen molar-refractivity contribution in [1.82, 2.24) is 9.88 Å². The van der Waals surface area contributed by atoms with Crippen LogP contribution in [0.1, 0.15) is 18.4 Å². The number of rotatable bonds is 4. The second kappa shape index (κ2) is 5.08. The first-order valence-electron chi connectivity index (χ1n) is 5.45. The van der Waals surface area contributed by atoms with Gasteiger partial charge >= 0.3 is 0 Å². The first-order chi connectivity index (χ1) is 7.24. The normalized spacial score (nSPS) is 25.3. The van der Waals surface area contributed by atoms with E-state index in [0.717, 1.165) is 17.3 Å². The van der Waals surface area contributed by atoms with Crippen molar-refractivity contribution in [3.05, 3.63) is 30.1 Å². The van der Waals surface area contributed by atoms with Crippen LogP contribution in [0.25, 0.3) is 0 Å². The molecule has 2 nitrogen and oxygen atoms in total. The van der Waals surface area contributed by atoms with Crippen molar-refractivity contribution in [3.63, 3.8) is 0 Å². The van der Waals surface area contributed by atoms with Gasteiger partial charge in [0.25, 0.3) is 0 Å². The minimum atomic E-state index is 0.775. The minimum absolute atomic E-state index is 0.775. The first kappa shape index (κ1) is 11.1. The number of hydrogen-bond donors (Lipinski definition) is 0. The highest BCUT2D eigenvalue weighted by atomic mass is 79.9. The summed E-state index contributed by atoms with van der Waals surface area (Å²) in [7, 11) is 2.20. The fourth-order valence-electron chi connectivity index (χ4n) is 2.11. The van der Waals surface area contributed by atoms with Gasteiger partial charge in [-0.25, -0.2) is 0 Å². The Morgan fingerprint density at radius 3 is 2.67 bits per heavy atom. The summed E-state index contributed by atoms with van der Waals surface area (Å²) in [6.45, 7) is 2.25. The van der Waals surface area contributed by atoms with E-state index in [2.05, 4.69) is 45.0 Å². The Bertz CT molecular complexity index is 296. The SMILES string of the molecule is CN(Cc1ccncc1)CC1CC(Br)C1. The Morgan fingerprint density at radius 2 is 2.07 bits per heavy atom. The molecule has 1 saturated carbocycles. The van der Waals surface area contributed by atoms with Crippen LogP contribution in [0.5, 0.6) is 0 Å². The summed E-state index contributed by atoms with van der Waals surface area (Å²) in [5.41, 5.74) is 1.35. The summed E-state index contributed by atoms with van der Waals surface area (Å²) in [5, 5.41) is 0. The van der Waals surface area contributed by atoms with Crippen LogP contribution in [-0.4, -0.2) is 28.3 Å². The van der Waals surface area contributed by atoms with Gasteiger partial charge < -0.3 is 4.90 Å². The largest absolute Gasteiger partial charge is 0.302 e. The third-order valence-electron chi connectivity index (χ3n) is 2.95. The lowest BCUT2D eigenvalue weighted by Gasteiger charge is -2.34. The molecule has 0 spiro atoms. The highest BCUT2D eigenvalue weighted by Crippen LogP contribution is 2.33. The van der Waals surface area contributed by atoms with Gasteiger partial charge in [0, 0.05) is 30.3 Å². The molecule has 0 bridgehead atoms. The van der Waals surface area contributed by atoms with E-state index in [-0.39, 0.29) is 0 Å². The van der Waals surface area contributed by atoms with Crippen LogP contribution in [-0.2, 0) is 6.54 Å². The number of hydrogen-bond acceptors (Lipinski definition) is 2. The van der Waals surface area contributed by atoms with Gasteiger partial charge in [-0.2, -0.15) is 0 Å². The lowest BCUT2D eigenvalue weighted by Crippen LogP contribution is -2.34. The molecule has 0 saturated heterocycles. The molecule has 0 amide bonds. The number of alkyl halides is 1. The van der Waals surface area contributed by atoms with E-state index in [9.17, 15) is 0 Å². The third kappa shape index (κ3) is 3.28. The van der Waals surface area contributed by atoms with Crippen LogP contribution in [0, 0.1) is 5.92 Å². The molecule has 15 heavy (non-hydrogen) atoms. The summed E-state index contributed by atoms with van der Waals surface area (Å²) in [6.07, 6.45) is 6.39. The minimum Gasteiger partial charge on any atom is -0.302 e. The van der Waals surface area contributed by atoms with Crippen molar-refractivity contribution >= 4 is 15.9 Å². The summed E-state index contributed by atoms with van der Waals surface area (Å²) in [6, 6.07) is 4.18. The van der Waals surface area contributed by atoms with Crippen molar-refractivity contribution in [2.75, 3.05) is 13.6 Å². The molecule has 1 aliphatic carbocycles. The van der Waals surface area contributed by atoms with E-state index in [4.69, 9.17) is 0 Å². The molecule has 2 rings (SSSR count). The maximum atomic E-state index is 4.03. The van der Waals surface area contributed by atoms with Crippen LogP contribution < -0.4 is 0 Å². The van der Waals surface area contributed by atoms with Gasteiger partial charge in [0.2, 0.25) is 0 Å². The molecule has 1 aromatic rings. The molecule has 0 N–H and O–H groups in total. The molecule has 1 aromatic heterocycles. The maximum Gasteiger partial charge on any atom is 0.0271 e. The monoisotopic (exact) mass is 268 g/mol. The average Bonchev–Trinajstić information content (AvgIpc) is 2.17. The van der Waals surface area contributed by atoms with Gasteiger partial charge in [0.05, 0.1) is 0 Å². The zero-order valence-electron chi connectivity index (χ0n) is 9.06. The predicted molar refractivity (Wildman–Crippen MR) is 66.0 cm³/mol. The van der Waals surface area contributed by atoms with E-state index < -0.39 is 0 Å². The Morgan fingerprint density at radius 1 is 1.40 bits per heavy atom. The van der Waals surface area contributed by atoms with E-state index in [1.807, 2.05) is 12.4 Å². The quantitative estimate of drug-likeness (QED) is 0.781. The van der Waals surface area contributed by atoms with Crippen molar-refractivity contribution in [2.45, 2.75) is 24.2 Å². The Labute approximate surface area is 99.8 Å². The summed E-state index contributed by atoms with van der Waals surface area (Å²) < 4.78 is 0. The van der Waals surface area contributed by atoms with E-state index in [1.165, 1.54) is 24.9 Å². The van der Waals surface area contributed by atoms with Gasteiger partial charge in [0.15, 0.2) is 0 Å². The zero-order valence-corrected chi connectivity index (χ0v) is 10.7. The number of halogens is 1. The topological polar surface area (TPSA) is 16.1 Å². The average molecular weight is 269 g/mol. The van der Waals surface area contributed by atoms with Crippen LogP contribution >= 0.6 is 15.9 Å². The second-order valence-electron chi connectivity index (χ2n) is 4.49. The lowest BCUT2D eigenvalue weighted by molar-refractivity contribution is 0.208. The van der Waals surface area contributed by atoms with E-state index in [0.29, 0.717) is 0 Å². The maximum absolute atomic E-state index is 4.03. The van der Waals surface area contributed by atoms with Crippen LogP contribution in [0.2, 0.25) is 0 Å². The second-order valence-corrected chi connectivity index (χ2v) is 5.78. The van der Waals surface area contributed by atoms with Crippen molar-refractivity contribution in [3.8, 4) is 0 Å². The molecule has 1 aliphatic rings. The fraction of sp³-hybridized carbons (Fsp3) is 0.583. The van der Waals surface area contributed by atoms with Crippen molar-refractivity contribution < 1.29 is 0 Å². The number of aromatic nitrogens is 1. The van der Waals surface area contributed by atoms with Gasteiger partial charge in [-0.3, -0.25) is 4.98 Å². The first-order valence-corrected chi connectivity index (χ1v) is 6.37. The Balaban J connectivity index is 1.75. The molecule has 3 heteroatoms. The fourth-order valence-corrected chi connectivity index (χ4v) is 3.17. The molecular formula is C12H17BrN2. The van der Waals surface area contributed by atoms with Gasteiger partial charge in [-0.1, -0.05) is 15.9 Å². The van der Waals surface area contributed by atoms with Crippen LogP contribution in [0.4, 0.5) is 0 Å². The van der Waals surface area contributed by atoms with Crippen LogP contribution in [0.15, 0.2) is 24.5 Å². The molecule has 82 valence electrons.